The zero-order valence-electron chi connectivity index (χ0n) is 20.9. The van der Waals surface area contributed by atoms with E-state index in [-0.39, 0.29) is 35.0 Å². The Kier molecular flexibility index (Phi) is 5.48. The third-order valence-electron chi connectivity index (χ3n) is 7.95. The molecule has 12 heteroatoms. The zero-order chi connectivity index (χ0) is 26.9. The molecule has 1 aromatic carbocycles. The Balaban J connectivity index is 1.41. The molecule has 1 saturated carbocycles. The molecule has 4 aromatic rings. The molecule has 0 radical (unpaired) electrons. The summed E-state index contributed by atoms with van der Waals surface area (Å²) in [6.07, 6.45) is 4.07. The summed E-state index contributed by atoms with van der Waals surface area (Å²) in [5.41, 5.74) is 1.62. The van der Waals surface area contributed by atoms with Crippen molar-refractivity contribution >= 4 is 10.1 Å². The van der Waals surface area contributed by atoms with E-state index in [1.54, 1.807) is 12.1 Å². The van der Waals surface area contributed by atoms with Gasteiger partial charge >= 0.3 is 0 Å². The van der Waals surface area contributed by atoms with Crippen LogP contribution >= 0.6 is 0 Å². The maximum Gasteiger partial charge on any atom is 0.264 e. The fourth-order valence-electron chi connectivity index (χ4n) is 6.18. The molecule has 1 fully saturated rings. The summed E-state index contributed by atoms with van der Waals surface area (Å²) in [5, 5.41) is 13.1. The molecule has 196 valence electrons. The summed E-state index contributed by atoms with van der Waals surface area (Å²) < 4.78 is 57.9. The highest BCUT2D eigenvalue weighted by molar-refractivity contribution is 7.85. The van der Waals surface area contributed by atoms with Gasteiger partial charge in [0.25, 0.3) is 10.1 Å². The first-order valence-electron chi connectivity index (χ1n) is 12.1. The Bertz CT molecular complexity index is 1670. The van der Waals surface area contributed by atoms with Gasteiger partial charge in [0.2, 0.25) is 0 Å². The number of pyridine rings is 1. The highest BCUT2D eigenvalue weighted by Gasteiger charge is 2.65. The van der Waals surface area contributed by atoms with Gasteiger partial charge in [0.15, 0.2) is 11.6 Å². The van der Waals surface area contributed by atoms with Crippen LogP contribution in [0.25, 0.3) is 17.1 Å². The molecule has 0 amide bonds. The fourth-order valence-corrected chi connectivity index (χ4v) is 6.50. The van der Waals surface area contributed by atoms with Crippen molar-refractivity contribution in [2.75, 3.05) is 6.26 Å². The minimum absolute atomic E-state index is 0.109. The van der Waals surface area contributed by atoms with Gasteiger partial charge in [0.05, 0.1) is 34.3 Å². The van der Waals surface area contributed by atoms with E-state index in [9.17, 15) is 17.2 Å². The predicted octanol–water partition coefficient (Wildman–Crippen LogP) is 4.08. The monoisotopic (exact) mass is 538 g/mol. The van der Waals surface area contributed by atoms with E-state index >= 15 is 0 Å². The number of nitrogens with zero attached hydrogens (tertiary/aromatic N) is 6. The lowest BCUT2D eigenvalue weighted by molar-refractivity contribution is 0.242. The van der Waals surface area contributed by atoms with Crippen LogP contribution in [0, 0.1) is 17.0 Å². The summed E-state index contributed by atoms with van der Waals surface area (Å²) >= 11 is 0. The average Bonchev–Trinajstić information content (AvgIpc) is 3.50. The summed E-state index contributed by atoms with van der Waals surface area (Å²) in [4.78, 5) is 9.06. The van der Waals surface area contributed by atoms with Crippen LogP contribution in [0.15, 0.2) is 48.8 Å². The second-order valence-corrected chi connectivity index (χ2v) is 11.9. The minimum atomic E-state index is -3.63. The molecule has 3 aromatic heterocycles. The van der Waals surface area contributed by atoms with E-state index in [4.69, 9.17) is 9.17 Å². The number of benzene rings is 1. The number of hydrogen-bond acceptors (Lipinski definition) is 8. The molecule has 0 unspecified atom stereocenters. The van der Waals surface area contributed by atoms with Crippen LogP contribution in [0.3, 0.4) is 0 Å². The molecule has 3 heterocycles. The average molecular weight is 539 g/mol. The molecular weight excluding hydrogens is 514 g/mol. The maximum absolute atomic E-state index is 14.5. The van der Waals surface area contributed by atoms with Gasteiger partial charge in [-0.2, -0.15) is 13.5 Å². The first-order chi connectivity index (χ1) is 18.0. The molecule has 38 heavy (non-hydrogen) atoms. The molecule has 0 saturated heterocycles. The van der Waals surface area contributed by atoms with Crippen molar-refractivity contribution in [1.29, 1.82) is 0 Å². The van der Waals surface area contributed by atoms with Crippen molar-refractivity contribution in [3.63, 3.8) is 0 Å². The number of fused-ring (bicyclic) bond motifs is 5. The quantitative estimate of drug-likeness (QED) is 0.338. The van der Waals surface area contributed by atoms with Gasteiger partial charge in [0, 0.05) is 0 Å². The van der Waals surface area contributed by atoms with Crippen molar-refractivity contribution in [2.24, 2.45) is 5.41 Å². The van der Waals surface area contributed by atoms with Gasteiger partial charge in [-0.15, -0.1) is 10.2 Å². The molecular formula is C26H24F2N6O3S. The van der Waals surface area contributed by atoms with Crippen LogP contribution in [0.4, 0.5) is 8.78 Å². The minimum Gasteiger partial charge on any atom is -0.262 e. The molecule has 6 rings (SSSR count). The molecule has 9 nitrogen and oxygen atoms in total. The van der Waals surface area contributed by atoms with Crippen LogP contribution in [-0.4, -0.2) is 44.6 Å². The zero-order valence-corrected chi connectivity index (χ0v) is 21.7. The van der Waals surface area contributed by atoms with E-state index in [0.717, 1.165) is 36.0 Å². The van der Waals surface area contributed by atoms with Crippen molar-refractivity contribution in [3.05, 3.63) is 83.2 Å². The number of rotatable bonds is 6. The lowest BCUT2D eigenvalue weighted by atomic mass is 9.66. The third kappa shape index (κ3) is 3.65. The van der Waals surface area contributed by atoms with Crippen LogP contribution in [0.1, 0.15) is 55.4 Å². The van der Waals surface area contributed by atoms with Crippen LogP contribution < -0.4 is 0 Å². The fraction of sp³-hybridized carbons (Fsp3) is 0.346. The second-order valence-electron chi connectivity index (χ2n) is 10.3. The molecule has 2 bridgehead atoms. The molecule has 0 N–H and O–H groups in total. The Morgan fingerprint density at radius 2 is 1.84 bits per heavy atom. The van der Waals surface area contributed by atoms with Gasteiger partial charge in [-0.25, -0.2) is 23.4 Å². The molecule has 2 aliphatic rings. The van der Waals surface area contributed by atoms with Gasteiger partial charge < -0.3 is 0 Å². The lowest BCUT2D eigenvalue weighted by Crippen LogP contribution is -2.38. The number of halogens is 2. The summed E-state index contributed by atoms with van der Waals surface area (Å²) in [5.74, 6) is -0.550. The van der Waals surface area contributed by atoms with Gasteiger partial charge in [-0.05, 0) is 60.1 Å². The Labute approximate surface area is 218 Å². The van der Waals surface area contributed by atoms with Crippen molar-refractivity contribution in [1.82, 2.24) is 29.9 Å². The maximum atomic E-state index is 14.5. The largest absolute Gasteiger partial charge is 0.264 e. The van der Waals surface area contributed by atoms with Crippen molar-refractivity contribution in [2.45, 2.75) is 44.6 Å². The van der Waals surface area contributed by atoms with E-state index in [1.165, 1.54) is 29.2 Å². The van der Waals surface area contributed by atoms with Crippen LogP contribution in [0.5, 0.6) is 0 Å². The van der Waals surface area contributed by atoms with Gasteiger partial charge in [-0.3, -0.25) is 4.18 Å². The van der Waals surface area contributed by atoms with Crippen LogP contribution in [-0.2, 0) is 26.3 Å². The highest BCUT2D eigenvalue weighted by Crippen LogP contribution is 2.69. The Morgan fingerprint density at radius 3 is 2.58 bits per heavy atom. The molecule has 0 aliphatic heterocycles. The summed E-state index contributed by atoms with van der Waals surface area (Å²) in [6.45, 7) is 4.05. The molecule has 2 aliphatic carbocycles. The number of aromatic nitrogens is 6. The van der Waals surface area contributed by atoms with E-state index in [2.05, 4.69) is 34.1 Å². The van der Waals surface area contributed by atoms with Gasteiger partial charge in [-0.1, -0.05) is 26.0 Å². The smallest absolute Gasteiger partial charge is 0.262 e. The van der Waals surface area contributed by atoms with Crippen LogP contribution in [0.2, 0.25) is 0 Å². The lowest BCUT2D eigenvalue weighted by Gasteiger charge is -2.37. The molecule has 2 atom stereocenters. The first-order valence-corrected chi connectivity index (χ1v) is 13.9. The third-order valence-corrected chi connectivity index (χ3v) is 8.49. The van der Waals surface area contributed by atoms with E-state index in [1.807, 2.05) is 12.1 Å². The summed E-state index contributed by atoms with van der Waals surface area (Å²) in [7, 11) is -3.63. The predicted molar refractivity (Wildman–Crippen MR) is 133 cm³/mol. The van der Waals surface area contributed by atoms with Crippen molar-refractivity contribution in [3.8, 4) is 17.1 Å². The van der Waals surface area contributed by atoms with E-state index < -0.39 is 27.2 Å². The SMILES string of the molecule is CC1(C)[C@H]2CC[C@]1(c1cccc(-n3cnc(COS(C)(=O)=O)n3)n1)c1nnc(-c3c(F)cccc3F)cc12. The van der Waals surface area contributed by atoms with Crippen molar-refractivity contribution < 1.29 is 21.4 Å². The number of hydrogen-bond donors (Lipinski definition) is 0. The second kappa shape index (κ2) is 8.43. The first kappa shape index (κ1) is 24.7. The Morgan fingerprint density at radius 1 is 1.11 bits per heavy atom. The normalized spacial score (nSPS) is 21.6. The topological polar surface area (TPSA) is 113 Å². The highest BCUT2D eigenvalue weighted by atomic mass is 32.2. The van der Waals surface area contributed by atoms with E-state index in [0.29, 0.717) is 5.82 Å². The molecule has 0 spiro atoms. The standard InChI is InChI=1S/C26H24F2N6O3S/c1-25(2)16-10-11-26(25,24-15(16)12-19(31-32-24)23-17(27)6-4-7-18(23)28)20-8-5-9-22(30-20)34-14-29-21(33-34)13-37-38(3,35)36/h4-9,12,14,16H,10-11,13H2,1-3H3/t16-,26-/m0/s1. The summed E-state index contributed by atoms with van der Waals surface area (Å²) in [6, 6.07) is 11.1. The Hall–Kier alpha value is -3.64. The van der Waals surface area contributed by atoms with Gasteiger partial charge in [0.1, 0.15) is 24.6 Å².